The van der Waals surface area contributed by atoms with Crippen LogP contribution in [0.5, 0.6) is 0 Å². The number of nitrogens with zero attached hydrogens (tertiary/aromatic N) is 2. The molecule has 1 saturated carbocycles. The largest absolute Gasteiger partial charge is 0.351 e. The predicted molar refractivity (Wildman–Crippen MR) is 94.0 cm³/mol. The molecule has 2 aromatic rings. The SMILES string of the molecule is Cc1cccc(C[C@@H](C)NC(=O)C2(NC(=O)c3cnccn3)CC2)c1. The third-order valence-electron chi connectivity index (χ3n) is 4.34. The molecule has 1 heterocycles. The average Bonchev–Trinajstić information content (AvgIpc) is 3.36. The van der Waals surface area contributed by atoms with E-state index >= 15 is 0 Å². The predicted octanol–water partition coefficient (Wildman–Crippen LogP) is 1.79. The zero-order valence-electron chi connectivity index (χ0n) is 14.5. The van der Waals surface area contributed by atoms with E-state index < -0.39 is 5.54 Å². The summed E-state index contributed by atoms with van der Waals surface area (Å²) in [4.78, 5) is 32.7. The Labute approximate surface area is 147 Å². The molecule has 1 aliphatic rings. The van der Waals surface area contributed by atoms with E-state index in [-0.39, 0.29) is 23.6 Å². The van der Waals surface area contributed by atoms with Gasteiger partial charge < -0.3 is 10.6 Å². The summed E-state index contributed by atoms with van der Waals surface area (Å²) in [5.74, 6) is -0.503. The second-order valence-corrected chi connectivity index (χ2v) is 6.69. The molecule has 0 unspecified atom stereocenters. The van der Waals surface area contributed by atoms with Gasteiger partial charge in [0.2, 0.25) is 5.91 Å². The van der Waals surface area contributed by atoms with Gasteiger partial charge in [-0.2, -0.15) is 0 Å². The zero-order chi connectivity index (χ0) is 17.9. The lowest BCUT2D eigenvalue weighted by Crippen LogP contribution is -2.51. The maximum Gasteiger partial charge on any atom is 0.272 e. The van der Waals surface area contributed by atoms with Crippen LogP contribution in [0.3, 0.4) is 0 Å². The minimum atomic E-state index is -0.810. The highest BCUT2D eigenvalue weighted by Crippen LogP contribution is 2.36. The van der Waals surface area contributed by atoms with E-state index in [4.69, 9.17) is 0 Å². The first-order valence-electron chi connectivity index (χ1n) is 8.43. The molecule has 1 aliphatic carbocycles. The van der Waals surface area contributed by atoms with Gasteiger partial charge in [-0.25, -0.2) is 4.98 Å². The minimum absolute atomic E-state index is 0.0137. The number of aryl methyl sites for hydroxylation is 1. The number of hydrogen-bond acceptors (Lipinski definition) is 4. The Bertz CT molecular complexity index is 772. The topological polar surface area (TPSA) is 84.0 Å². The number of carbonyl (C=O) groups excluding carboxylic acids is 2. The Hall–Kier alpha value is -2.76. The standard InChI is InChI=1S/C19H22N4O2/c1-13-4-3-5-15(10-13)11-14(2)22-18(25)19(6-7-19)23-17(24)16-12-20-8-9-21-16/h3-5,8-10,12,14H,6-7,11H2,1-2H3,(H,22,25)(H,23,24)/t14-/m1/s1. The maximum atomic E-state index is 12.6. The van der Waals surface area contributed by atoms with E-state index in [9.17, 15) is 9.59 Å². The quantitative estimate of drug-likeness (QED) is 0.841. The van der Waals surface area contributed by atoms with Gasteiger partial charge in [-0.05, 0) is 38.7 Å². The van der Waals surface area contributed by atoms with Crippen molar-refractivity contribution in [1.82, 2.24) is 20.6 Å². The number of amides is 2. The molecule has 0 spiro atoms. The van der Waals surface area contributed by atoms with Crippen molar-refractivity contribution < 1.29 is 9.59 Å². The third kappa shape index (κ3) is 4.21. The Kier molecular flexibility index (Phi) is 4.79. The fraction of sp³-hybridized carbons (Fsp3) is 0.368. The fourth-order valence-electron chi connectivity index (χ4n) is 2.84. The first-order valence-corrected chi connectivity index (χ1v) is 8.43. The second kappa shape index (κ2) is 7.01. The van der Waals surface area contributed by atoms with Crippen LogP contribution in [0.1, 0.15) is 41.4 Å². The van der Waals surface area contributed by atoms with Crippen molar-refractivity contribution in [2.24, 2.45) is 0 Å². The van der Waals surface area contributed by atoms with Gasteiger partial charge in [-0.1, -0.05) is 29.8 Å². The molecule has 0 saturated heterocycles. The van der Waals surface area contributed by atoms with Gasteiger partial charge in [0.25, 0.3) is 5.91 Å². The molecule has 6 nitrogen and oxygen atoms in total. The lowest BCUT2D eigenvalue weighted by molar-refractivity contribution is -0.124. The summed E-state index contributed by atoms with van der Waals surface area (Å²) < 4.78 is 0. The molecule has 0 radical (unpaired) electrons. The number of aromatic nitrogens is 2. The summed E-state index contributed by atoms with van der Waals surface area (Å²) in [6.45, 7) is 4.02. The average molecular weight is 338 g/mol. The smallest absolute Gasteiger partial charge is 0.272 e. The van der Waals surface area contributed by atoms with Gasteiger partial charge in [0, 0.05) is 18.4 Å². The van der Waals surface area contributed by atoms with Crippen molar-refractivity contribution in [1.29, 1.82) is 0 Å². The molecule has 25 heavy (non-hydrogen) atoms. The van der Waals surface area contributed by atoms with E-state index in [1.807, 2.05) is 26.0 Å². The number of nitrogens with one attached hydrogen (secondary N) is 2. The molecule has 1 aromatic carbocycles. The fourth-order valence-corrected chi connectivity index (χ4v) is 2.84. The van der Waals surface area contributed by atoms with Gasteiger partial charge in [-0.3, -0.25) is 14.6 Å². The molecule has 1 atom stereocenters. The Balaban J connectivity index is 1.57. The summed E-state index contributed by atoms with van der Waals surface area (Å²) in [5.41, 5.74) is 1.79. The Morgan fingerprint density at radius 1 is 1.28 bits per heavy atom. The van der Waals surface area contributed by atoms with Crippen LogP contribution >= 0.6 is 0 Å². The number of benzene rings is 1. The molecule has 1 aromatic heterocycles. The normalized spacial score (nSPS) is 15.9. The van der Waals surface area contributed by atoms with E-state index in [0.717, 1.165) is 6.42 Å². The lowest BCUT2D eigenvalue weighted by atomic mass is 10.0. The van der Waals surface area contributed by atoms with Crippen molar-refractivity contribution in [2.75, 3.05) is 0 Å². The van der Waals surface area contributed by atoms with E-state index in [0.29, 0.717) is 12.8 Å². The molecular formula is C19H22N4O2. The van der Waals surface area contributed by atoms with Crippen molar-refractivity contribution in [3.05, 3.63) is 59.7 Å². The summed E-state index contributed by atoms with van der Waals surface area (Å²) in [5, 5.41) is 5.83. The summed E-state index contributed by atoms with van der Waals surface area (Å²) >= 11 is 0. The van der Waals surface area contributed by atoms with E-state index in [1.165, 1.54) is 29.7 Å². The minimum Gasteiger partial charge on any atom is -0.351 e. The number of carbonyl (C=O) groups is 2. The number of hydrogen-bond donors (Lipinski definition) is 2. The first-order chi connectivity index (χ1) is 12.0. The van der Waals surface area contributed by atoms with Crippen molar-refractivity contribution >= 4 is 11.8 Å². The van der Waals surface area contributed by atoms with Crippen molar-refractivity contribution in [3.8, 4) is 0 Å². The van der Waals surface area contributed by atoms with Crippen molar-refractivity contribution in [2.45, 2.75) is 44.7 Å². The molecule has 6 heteroatoms. The zero-order valence-corrected chi connectivity index (χ0v) is 14.5. The lowest BCUT2D eigenvalue weighted by Gasteiger charge is -2.21. The molecule has 0 bridgehead atoms. The second-order valence-electron chi connectivity index (χ2n) is 6.69. The molecular weight excluding hydrogens is 316 g/mol. The highest BCUT2D eigenvalue weighted by Gasteiger charge is 2.51. The van der Waals surface area contributed by atoms with Crippen molar-refractivity contribution in [3.63, 3.8) is 0 Å². The van der Waals surface area contributed by atoms with Crippen LogP contribution in [0.25, 0.3) is 0 Å². The molecule has 1 fully saturated rings. The van der Waals surface area contributed by atoms with Gasteiger partial charge >= 0.3 is 0 Å². The van der Waals surface area contributed by atoms with E-state index in [1.54, 1.807) is 0 Å². The molecule has 2 N–H and O–H groups in total. The van der Waals surface area contributed by atoms with E-state index in [2.05, 4.69) is 32.7 Å². The first kappa shape index (κ1) is 17.1. The van der Waals surface area contributed by atoms with Crippen LogP contribution in [-0.4, -0.2) is 33.4 Å². The third-order valence-corrected chi connectivity index (χ3v) is 4.34. The van der Waals surface area contributed by atoms with Crippen LogP contribution < -0.4 is 10.6 Å². The highest BCUT2D eigenvalue weighted by atomic mass is 16.2. The molecule has 0 aliphatic heterocycles. The maximum absolute atomic E-state index is 12.6. The summed E-state index contributed by atoms with van der Waals surface area (Å²) in [6.07, 6.45) is 6.39. The van der Waals surface area contributed by atoms with Crippen LogP contribution in [0.2, 0.25) is 0 Å². The van der Waals surface area contributed by atoms with Gasteiger partial charge in [-0.15, -0.1) is 0 Å². The van der Waals surface area contributed by atoms with Crippen LogP contribution in [-0.2, 0) is 11.2 Å². The monoisotopic (exact) mass is 338 g/mol. The molecule has 130 valence electrons. The van der Waals surface area contributed by atoms with Gasteiger partial charge in [0.15, 0.2) is 0 Å². The highest BCUT2D eigenvalue weighted by molar-refractivity contribution is 5.99. The molecule has 3 rings (SSSR count). The van der Waals surface area contributed by atoms with Crippen LogP contribution in [0.4, 0.5) is 0 Å². The Morgan fingerprint density at radius 2 is 2.08 bits per heavy atom. The van der Waals surface area contributed by atoms with Gasteiger partial charge in [0.1, 0.15) is 11.2 Å². The van der Waals surface area contributed by atoms with Crippen LogP contribution in [0.15, 0.2) is 42.9 Å². The molecule has 2 amide bonds. The number of rotatable bonds is 6. The summed E-state index contributed by atoms with van der Waals surface area (Å²) in [6, 6.07) is 8.22. The summed E-state index contributed by atoms with van der Waals surface area (Å²) in [7, 11) is 0. The van der Waals surface area contributed by atoms with Crippen LogP contribution in [0, 0.1) is 6.92 Å². The van der Waals surface area contributed by atoms with Gasteiger partial charge in [0.05, 0.1) is 6.20 Å². The Morgan fingerprint density at radius 3 is 2.72 bits per heavy atom.